The molecule has 1 fully saturated rings. The summed E-state index contributed by atoms with van der Waals surface area (Å²) in [6.07, 6.45) is 1.80. The van der Waals surface area contributed by atoms with Crippen molar-refractivity contribution in [1.29, 1.82) is 0 Å². The van der Waals surface area contributed by atoms with Crippen LogP contribution < -0.4 is 14.8 Å². The van der Waals surface area contributed by atoms with Gasteiger partial charge in [0.2, 0.25) is 0 Å². The molecular weight excluding hydrogens is 432 g/mol. The highest BCUT2D eigenvalue weighted by Gasteiger charge is 2.22. The predicted octanol–water partition coefficient (Wildman–Crippen LogP) is 3.07. The number of hydrogen-bond acceptors (Lipinski definition) is 6. The van der Waals surface area contributed by atoms with Gasteiger partial charge in [-0.3, -0.25) is 19.5 Å². The van der Waals surface area contributed by atoms with Gasteiger partial charge in [-0.25, -0.2) is 0 Å². The third-order valence-corrected chi connectivity index (χ3v) is 5.60. The second kappa shape index (κ2) is 11.3. The van der Waals surface area contributed by atoms with Crippen LogP contribution in [0.1, 0.15) is 16.1 Å². The Balaban J connectivity index is 1.23. The highest BCUT2D eigenvalue weighted by Crippen LogP contribution is 2.18. The zero-order chi connectivity index (χ0) is 23.8. The van der Waals surface area contributed by atoms with E-state index in [0.29, 0.717) is 35.8 Å². The number of ether oxygens (including phenoxy) is 2. The van der Waals surface area contributed by atoms with Gasteiger partial charge in [-0.05, 0) is 48.5 Å². The van der Waals surface area contributed by atoms with Crippen molar-refractivity contribution < 1.29 is 19.1 Å². The van der Waals surface area contributed by atoms with Crippen molar-refractivity contribution in [2.75, 3.05) is 45.2 Å². The number of anilines is 1. The smallest absolute Gasteiger partial charge is 0.262 e. The zero-order valence-corrected chi connectivity index (χ0v) is 19.1. The van der Waals surface area contributed by atoms with E-state index in [1.807, 2.05) is 23.1 Å². The lowest BCUT2D eigenvalue weighted by atomic mass is 10.1. The second-order valence-electron chi connectivity index (χ2n) is 7.98. The number of rotatable bonds is 8. The summed E-state index contributed by atoms with van der Waals surface area (Å²) in [5.41, 5.74) is 2.27. The Morgan fingerprint density at radius 1 is 0.941 bits per heavy atom. The first-order valence-electron chi connectivity index (χ1n) is 11.2. The Bertz CT molecular complexity index is 1100. The molecule has 0 radical (unpaired) electrons. The van der Waals surface area contributed by atoms with Gasteiger partial charge in [-0.15, -0.1) is 0 Å². The number of piperazine rings is 1. The summed E-state index contributed by atoms with van der Waals surface area (Å²) in [7, 11) is 1.57. The normalized spacial score (nSPS) is 13.9. The Kier molecular flexibility index (Phi) is 7.72. The van der Waals surface area contributed by atoms with Crippen molar-refractivity contribution in [2.45, 2.75) is 6.54 Å². The number of nitrogens with zero attached hydrogens (tertiary/aromatic N) is 3. The largest absolute Gasteiger partial charge is 0.497 e. The topological polar surface area (TPSA) is 84.0 Å². The Morgan fingerprint density at radius 2 is 1.74 bits per heavy atom. The highest BCUT2D eigenvalue weighted by molar-refractivity contribution is 5.94. The third-order valence-electron chi connectivity index (χ3n) is 5.60. The van der Waals surface area contributed by atoms with Crippen molar-refractivity contribution in [3.63, 3.8) is 0 Å². The first-order valence-corrected chi connectivity index (χ1v) is 11.2. The monoisotopic (exact) mass is 460 g/mol. The zero-order valence-electron chi connectivity index (χ0n) is 19.1. The molecule has 1 N–H and O–H groups in total. The number of amides is 2. The van der Waals surface area contributed by atoms with Crippen molar-refractivity contribution >= 4 is 17.5 Å². The second-order valence-corrected chi connectivity index (χ2v) is 7.98. The number of pyridine rings is 1. The van der Waals surface area contributed by atoms with E-state index in [4.69, 9.17) is 9.47 Å². The lowest BCUT2D eigenvalue weighted by Gasteiger charge is -2.34. The van der Waals surface area contributed by atoms with Gasteiger partial charge in [0.25, 0.3) is 11.8 Å². The van der Waals surface area contributed by atoms with Crippen molar-refractivity contribution in [3.8, 4) is 11.5 Å². The van der Waals surface area contributed by atoms with Gasteiger partial charge < -0.3 is 19.7 Å². The molecule has 176 valence electrons. The Morgan fingerprint density at radius 3 is 2.44 bits per heavy atom. The molecule has 4 rings (SSSR count). The van der Waals surface area contributed by atoms with Crippen LogP contribution in [-0.4, -0.2) is 66.5 Å². The molecule has 0 unspecified atom stereocenters. The van der Waals surface area contributed by atoms with Crippen LogP contribution in [0.15, 0.2) is 72.9 Å². The van der Waals surface area contributed by atoms with Crippen LogP contribution in [0.4, 0.5) is 5.69 Å². The summed E-state index contributed by atoms with van der Waals surface area (Å²) in [4.78, 5) is 33.6. The van der Waals surface area contributed by atoms with Crippen molar-refractivity contribution in [1.82, 2.24) is 14.8 Å². The predicted molar refractivity (Wildman–Crippen MR) is 129 cm³/mol. The molecule has 1 aromatic heterocycles. The van der Waals surface area contributed by atoms with Gasteiger partial charge in [-0.2, -0.15) is 0 Å². The average molecular weight is 461 g/mol. The van der Waals surface area contributed by atoms with E-state index in [1.54, 1.807) is 61.8 Å². The van der Waals surface area contributed by atoms with Gasteiger partial charge >= 0.3 is 0 Å². The first kappa shape index (κ1) is 23.3. The fourth-order valence-electron chi connectivity index (χ4n) is 3.75. The molecule has 0 atom stereocenters. The first-order chi connectivity index (χ1) is 16.6. The maximum absolute atomic E-state index is 12.9. The molecular formula is C26H28N4O4. The maximum atomic E-state index is 12.9. The highest BCUT2D eigenvalue weighted by atomic mass is 16.5. The number of methoxy groups -OCH3 is 1. The molecule has 0 spiro atoms. The standard InChI is InChI=1S/C26H28N4O4/c1-33-24-7-4-6-21(17-24)28-25(31)19-34-23-10-8-20(9-11-23)26(32)30-15-13-29(14-16-30)18-22-5-2-3-12-27-22/h2-12,17H,13-16,18-19H2,1H3,(H,28,31). The molecule has 0 saturated carbocycles. The van der Waals surface area contributed by atoms with E-state index in [0.717, 1.165) is 25.3 Å². The minimum atomic E-state index is -0.281. The minimum absolute atomic E-state index is 0.000181. The van der Waals surface area contributed by atoms with Gasteiger partial charge in [0.15, 0.2) is 6.61 Å². The number of hydrogen-bond donors (Lipinski definition) is 1. The molecule has 8 heteroatoms. The van der Waals surface area contributed by atoms with Crippen LogP contribution in [0.5, 0.6) is 11.5 Å². The van der Waals surface area contributed by atoms with E-state index < -0.39 is 0 Å². The molecule has 2 aromatic carbocycles. The van der Waals surface area contributed by atoms with Gasteiger partial charge in [-0.1, -0.05) is 12.1 Å². The third kappa shape index (κ3) is 6.32. The average Bonchev–Trinajstić information content (AvgIpc) is 2.88. The van der Waals surface area contributed by atoms with E-state index in [-0.39, 0.29) is 18.4 Å². The molecule has 0 bridgehead atoms. The quantitative estimate of drug-likeness (QED) is 0.556. The van der Waals surface area contributed by atoms with Crippen LogP contribution in [0, 0.1) is 0 Å². The lowest BCUT2D eigenvalue weighted by Crippen LogP contribution is -2.48. The van der Waals surface area contributed by atoms with Gasteiger partial charge in [0.1, 0.15) is 11.5 Å². The van der Waals surface area contributed by atoms with Gasteiger partial charge in [0, 0.05) is 56.2 Å². The molecule has 2 amide bonds. The molecule has 1 aliphatic heterocycles. The summed E-state index contributed by atoms with van der Waals surface area (Å²) in [6.45, 7) is 3.63. The molecule has 0 aliphatic carbocycles. The fourth-order valence-corrected chi connectivity index (χ4v) is 3.75. The summed E-state index contributed by atoms with van der Waals surface area (Å²) >= 11 is 0. The summed E-state index contributed by atoms with van der Waals surface area (Å²) in [5, 5.41) is 2.77. The fraction of sp³-hybridized carbons (Fsp3) is 0.269. The van der Waals surface area contributed by atoms with Crippen molar-refractivity contribution in [2.24, 2.45) is 0 Å². The molecule has 8 nitrogen and oxygen atoms in total. The van der Waals surface area contributed by atoms with E-state index >= 15 is 0 Å². The number of aromatic nitrogens is 1. The Hall–Kier alpha value is -3.91. The Labute approximate surface area is 199 Å². The van der Waals surface area contributed by atoms with E-state index in [2.05, 4.69) is 15.2 Å². The van der Waals surface area contributed by atoms with Crippen LogP contribution in [-0.2, 0) is 11.3 Å². The van der Waals surface area contributed by atoms with E-state index in [9.17, 15) is 9.59 Å². The number of benzene rings is 2. The van der Waals surface area contributed by atoms with Crippen LogP contribution in [0.2, 0.25) is 0 Å². The maximum Gasteiger partial charge on any atom is 0.262 e. The minimum Gasteiger partial charge on any atom is -0.497 e. The molecule has 1 saturated heterocycles. The van der Waals surface area contributed by atoms with Crippen molar-refractivity contribution in [3.05, 3.63) is 84.2 Å². The van der Waals surface area contributed by atoms with Gasteiger partial charge in [0.05, 0.1) is 12.8 Å². The molecule has 3 aromatic rings. The number of carbonyl (C=O) groups excluding carboxylic acids is 2. The summed E-state index contributed by atoms with van der Waals surface area (Å²) in [6, 6.07) is 19.9. The summed E-state index contributed by atoms with van der Waals surface area (Å²) in [5.74, 6) is 0.905. The molecule has 2 heterocycles. The number of nitrogens with one attached hydrogen (secondary N) is 1. The molecule has 34 heavy (non-hydrogen) atoms. The summed E-state index contributed by atoms with van der Waals surface area (Å²) < 4.78 is 10.7. The number of carbonyl (C=O) groups is 2. The van der Waals surface area contributed by atoms with E-state index in [1.165, 1.54) is 0 Å². The van der Waals surface area contributed by atoms with Crippen LogP contribution in [0.25, 0.3) is 0 Å². The lowest BCUT2D eigenvalue weighted by molar-refractivity contribution is -0.118. The van der Waals surface area contributed by atoms with Crippen LogP contribution in [0.3, 0.4) is 0 Å². The van der Waals surface area contributed by atoms with Crippen LogP contribution >= 0.6 is 0 Å². The molecule has 1 aliphatic rings. The SMILES string of the molecule is COc1cccc(NC(=O)COc2ccc(C(=O)N3CCN(Cc4ccccn4)CC3)cc2)c1.